The molecular formula is C21H28F3N3O2. The maximum absolute atomic E-state index is 13.5. The molecule has 0 aliphatic rings. The minimum atomic E-state index is -4.59. The molecule has 0 aliphatic carbocycles. The molecule has 0 radical (unpaired) electrons. The lowest BCUT2D eigenvalue weighted by molar-refractivity contribution is -0.137. The molecule has 1 heterocycles. The van der Waals surface area contributed by atoms with E-state index in [0.29, 0.717) is 18.0 Å². The molecule has 0 N–H and O–H groups in total. The van der Waals surface area contributed by atoms with E-state index >= 15 is 0 Å². The third kappa shape index (κ3) is 6.80. The first-order valence-corrected chi connectivity index (χ1v) is 9.61. The summed E-state index contributed by atoms with van der Waals surface area (Å²) in [5, 5.41) is 0. The number of unbranched alkanes of at least 4 members (excludes halogenated alkanes) is 2. The van der Waals surface area contributed by atoms with Crippen molar-refractivity contribution in [1.82, 2.24) is 9.97 Å². The molecule has 0 atom stereocenters. The summed E-state index contributed by atoms with van der Waals surface area (Å²) in [6, 6.07) is 6.75. The molecule has 0 saturated carbocycles. The molecule has 1 aromatic heterocycles. The number of nitrogens with zero attached hydrogens (tertiary/aromatic N) is 3. The number of hydrogen-bond donors (Lipinski definition) is 0. The molecule has 8 heteroatoms. The van der Waals surface area contributed by atoms with E-state index in [9.17, 15) is 13.2 Å². The van der Waals surface area contributed by atoms with E-state index < -0.39 is 17.3 Å². The summed E-state index contributed by atoms with van der Waals surface area (Å²) in [6.07, 6.45) is -0.676. The lowest BCUT2D eigenvalue weighted by Gasteiger charge is -2.24. The molecule has 0 fully saturated rings. The van der Waals surface area contributed by atoms with Gasteiger partial charge in [-0.05, 0) is 51.5 Å². The number of aromatic nitrogens is 2. The zero-order valence-corrected chi connectivity index (χ0v) is 17.5. The fourth-order valence-electron chi connectivity index (χ4n) is 2.57. The van der Waals surface area contributed by atoms with Crippen molar-refractivity contribution < 1.29 is 22.6 Å². The van der Waals surface area contributed by atoms with E-state index in [-0.39, 0.29) is 11.8 Å². The minimum Gasteiger partial charge on any atom is -0.494 e. The molecule has 0 spiro atoms. The summed E-state index contributed by atoms with van der Waals surface area (Å²) in [5.41, 5.74) is -1.02. The molecule has 160 valence electrons. The van der Waals surface area contributed by atoms with Crippen molar-refractivity contribution >= 4 is 11.5 Å². The van der Waals surface area contributed by atoms with Gasteiger partial charge in [-0.25, -0.2) is 4.98 Å². The van der Waals surface area contributed by atoms with Gasteiger partial charge in [-0.1, -0.05) is 19.8 Å². The van der Waals surface area contributed by atoms with Gasteiger partial charge < -0.3 is 14.4 Å². The van der Waals surface area contributed by atoms with Crippen LogP contribution in [0.3, 0.4) is 0 Å². The lowest BCUT2D eigenvalue weighted by Crippen LogP contribution is -2.26. The van der Waals surface area contributed by atoms with Gasteiger partial charge in [0.15, 0.2) is 5.82 Å². The molecule has 5 nitrogen and oxygen atoms in total. The molecule has 29 heavy (non-hydrogen) atoms. The Morgan fingerprint density at radius 1 is 1.03 bits per heavy atom. The third-order valence-electron chi connectivity index (χ3n) is 4.01. The second-order valence-corrected chi connectivity index (χ2v) is 7.71. The third-order valence-corrected chi connectivity index (χ3v) is 4.01. The predicted octanol–water partition coefficient (Wildman–Crippen LogP) is 6.01. The van der Waals surface area contributed by atoms with Gasteiger partial charge in [-0.15, -0.1) is 0 Å². The largest absolute Gasteiger partial charge is 0.494 e. The number of alkyl halides is 3. The Morgan fingerprint density at radius 2 is 1.69 bits per heavy atom. The van der Waals surface area contributed by atoms with E-state index in [1.807, 2.05) is 0 Å². The summed E-state index contributed by atoms with van der Waals surface area (Å²) in [5.74, 6) is 0.400. The van der Waals surface area contributed by atoms with Gasteiger partial charge in [-0.2, -0.15) is 18.2 Å². The maximum atomic E-state index is 13.5. The first kappa shape index (κ1) is 22.8. The van der Waals surface area contributed by atoms with Crippen LogP contribution in [-0.4, -0.2) is 29.2 Å². The molecule has 0 aliphatic heterocycles. The molecule has 0 saturated heterocycles. The average Bonchev–Trinajstić information content (AvgIpc) is 2.63. The molecule has 0 amide bonds. The van der Waals surface area contributed by atoms with E-state index in [0.717, 1.165) is 25.5 Å². The summed E-state index contributed by atoms with van der Waals surface area (Å²) in [6.45, 7) is 8.05. The Kier molecular flexibility index (Phi) is 7.32. The first-order chi connectivity index (χ1) is 13.5. The van der Waals surface area contributed by atoms with Gasteiger partial charge in [-0.3, -0.25) is 0 Å². The Morgan fingerprint density at radius 3 is 2.24 bits per heavy atom. The van der Waals surface area contributed by atoms with Crippen LogP contribution in [0, 0.1) is 0 Å². The zero-order chi connectivity index (χ0) is 21.7. The number of hydrogen-bond acceptors (Lipinski definition) is 5. The van der Waals surface area contributed by atoms with Gasteiger partial charge in [0.2, 0.25) is 0 Å². The van der Waals surface area contributed by atoms with E-state index in [4.69, 9.17) is 9.47 Å². The highest BCUT2D eigenvalue weighted by Gasteiger charge is 2.37. The molecule has 1 aromatic carbocycles. The number of benzene rings is 1. The van der Waals surface area contributed by atoms with Crippen molar-refractivity contribution in [3.05, 3.63) is 36.0 Å². The highest BCUT2D eigenvalue weighted by molar-refractivity contribution is 5.63. The van der Waals surface area contributed by atoms with E-state index in [1.54, 1.807) is 45.0 Å². The van der Waals surface area contributed by atoms with Crippen molar-refractivity contribution in [2.45, 2.75) is 58.7 Å². The molecule has 2 aromatic rings. The minimum absolute atomic E-state index is 0.108. The standard InChI is InChI=1S/C21H28F3N3O2/c1-6-7-8-13-28-16-11-9-15(10-12-16)27(5)18-17(21(22,23)24)14-25-19(26-18)29-20(2,3)4/h9-12,14H,6-8,13H2,1-5H3. The Labute approximate surface area is 169 Å². The van der Waals surface area contributed by atoms with Crippen molar-refractivity contribution in [2.24, 2.45) is 0 Å². The van der Waals surface area contributed by atoms with Crippen LogP contribution in [-0.2, 0) is 6.18 Å². The second-order valence-electron chi connectivity index (χ2n) is 7.71. The maximum Gasteiger partial charge on any atom is 0.421 e. The molecule has 0 bridgehead atoms. The predicted molar refractivity (Wildman–Crippen MR) is 107 cm³/mol. The molecular weight excluding hydrogens is 383 g/mol. The van der Waals surface area contributed by atoms with Crippen LogP contribution < -0.4 is 14.4 Å². The average molecular weight is 411 g/mol. The van der Waals surface area contributed by atoms with Crippen LogP contribution >= 0.6 is 0 Å². The summed E-state index contributed by atoms with van der Waals surface area (Å²) >= 11 is 0. The normalized spacial score (nSPS) is 12.0. The quantitative estimate of drug-likeness (QED) is 0.498. The Balaban J connectivity index is 2.27. The Bertz CT molecular complexity index is 787. The van der Waals surface area contributed by atoms with Crippen LogP contribution in [0.25, 0.3) is 0 Å². The van der Waals surface area contributed by atoms with Gasteiger partial charge >= 0.3 is 12.2 Å². The van der Waals surface area contributed by atoms with Gasteiger partial charge in [0, 0.05) is 18.9 Å². The van der Waals surface area contributed by atoms with Crippen molar-refractivity contribution in [3.8, 4) is 11.8 Å². The fourth-order valence-corrected chi connectivity index (χ4v) is 2.57. The van der Waals surface area contributed by atoms with Crippen LogP contribution in [0.5, 0.6) is 11.8 Å². The summed E-state index contributed by atoms with van der Waals surface area (Å²) < 4.78 is 51.7. The Hall–Kier alpha value is -2.51. The SMILES string of the molecule is CCCCCOc1ccc(N(C)c2nc(OC(C)(C)C)ncc2C(F)(F)F)cc1. The molecule has 0 unspecified atom stereocenters. The van der Waals surface area contributed by atoms with Gasteiger partial charge in [0.25, 0.3) is 0 Å². The number of rotatable bonds is 8. The van der Waals surface area contributed by atoms with E-state index in [2.05, 4.69) is 16.9 Å². The second kappa shape index (κ2) is 9.33. The van der Waals surface area contributed by atoms with E-state index in [1.165, 1.54) is 11.9 Å². The monoisotopic (exact) mass is 411 g/mol. The molecule has 2 rings (SSSR count). The zero-order valence-electron chi connectivity index (χ0n) is 17.5. The van der Waals surface area contributed by atoms with Crippen LogP contribution in [0.2, 0.25) is 0 Å². The van der Waals surface area contributed by atoms with Gasteiger partial charge in [0.1, 0.15) is 16.9 Å². The number of ether oxygens (including phenoxy) is 2. The van der Waals surface area contributed by atoms with Gasteiger partial charge in [0.05, 0.1) is 6.61 Å². The summed E-state index contributed by atoms with van der Waals surface area (Å²) in [7, 11) is 1.52. The number of halogens is 3. The van der Waals surface area contributed by atoms with Crippen molar-refractivity contribution in [1.29, 1.82) is 0 Å². The fraction of sp³-hybridized carbons (Fsp3) is 0.524. The van der Waals surface area contributed by atoms with Crippen molar-refractivity contribution in [2.75, 3.05) is 18.6 Å². The summed E-state index contributed by atoms with van der Waals surface area (Å²) in [4.78, 5) is 9.13. The van der Waals surface area contributed by atoms with Crippen LogP contribution in [0.1, 0.15) is 52.5 Å². The smallest absolute Gasteiger partial charge is 0.421 e. The van der Waals surface area contributed by atoms with Crippen LogP contribution in [0.15, 0.2) is 30.5 Å². The highest BCUT2D eigenvalue weighted by atomic mass is 19.4. The van der Waals surface area contributed by atoms with Crippen LogP contribution in [0.4, 0.5) is 24.7 Å². The topological polar surface area (TPSA) is 47.5 Å². The number of anilines is 2. The lowest BCUT2D eigenvalue weighted by atomic mass is 10.2. The first-order valence-electron chi connectivity index (χ1n) is 9.61. The van der Waals surface area contributed by atoms with Crippen molar-refractivity contribution in [3.63, 3.8) is 0 Å². The highest BCUT2D eigenvalue weighted by Crippen LogP contribution is 2.38.